The van der Waals surface area contributed by atoms with Crippen LogP contribution >= 0.6 is 11.5 Å². The van der Waals surface area contributed by atoms with Crippen molar-refractivity contribution in [3.63, 3.8) is 0 Å². The molecule has 0 saturated carbocycles. The zero-order valence-corrected chi connectivity index (χ0v) is 12.7. The fourth-order valence-corrected chi connectivity index (χ4v) is 3.44. The maximum Gasteiger partial charge on any atom is 0.273 e. The molecule has 2 aromatic carbocycles. The topological polar surface area (TPSA) is 22.0 Å². The zero-order chi connectivity index (χ0) is 14.3. The molecule has 2 nitrogen and oxygen atoms in total. The first-order valence-corrected chi connectivity index (χ1v) is 7.47. The molecule has 0 aliphatic carbocycles. The van der Waals surface area contributed by atoms with Crippen molar-refractivity contribution >= 4 is 21.6 Å². The van der Waals surface area contributed by atoms with Gasteiger partial charge < -0.3 is 0 Å². The van der Waals surface area contributed by atoms with Crippen LogP contribution in [0.3, 0.4) is 0 Å². The average molecular weight is 283 g/mol. The Morgan fingerprint density at radius 3 is 2.30 bits per heavy atom. The van der Waals surface area contributed by atoms with Crippen molar-refractivity contribution in [3.05, 3.63) is 64.4 Å². The highest BCUT2D eigenvalue weighted by Gasteiger charge is 2.20. The van der Waals surface area contributed by atoms with Crippen LogP contribution in [0.1, 0.15) is 26.3 Å². The summed E-state index contributed by atoms with van der Waals surface area (Å²) < 4.78 is 2.84. The van der Waals surface area contributed by atoms with Crippen LogP contribution in [0.4, 0.5) is 0 Å². The van der Waals surface area contributed by atoms with Crippen molar-refractivity contribution in [3.8, 4) is 5.69 Å². The molecule has 0 fully saturated rings. The first-order valence-electron chi connectivity index (χ1n) is 6.69. The quantitative estimate of drug-likeness (QED) is 0.651. The normalized spacial score (nSPS) is 11.9. The molecule has 3 aromatic rings. The number of fused-ring (bicyclic) bond motifs is 1. The van der Waals surface area contributed by atoms with E-state index in [4.69, 9.17) is 0 Å². The Hall–Kier alpha value is -1.87. The molecule has 0 atom stereocenters. The van der Waals surface area contributed by atoms with E-state index in [1.807, 2.05) is 46.4 Å². The molecule has 0 bridgehead atoms. The molecular formula is C17H17NOS. The molecule has 1 heterocycles. The number of nitrogens with zero attached hydrogens (tertiary/aromatic N) is 1. The molecule has 0 spiro atoms. The number of benzene rings is 2. The molecule has 0 unspecified atom stereocenters. The van der Waals surface area contributed by atoms with E-state index >= 15 is 0 Å². The molecule has 102 valence electrons. The molecule has 20 heavy (non-hydrogen) atoms. The maximum absolute atomic E-state index is 12.6. The highest BCUT2D eigenvalue weighted by atomic mass is 32.1. The molecule has 0 radical (unpaired) electrons. The van der Waals surface area contributed by atoms with Gasteiger partial charge in [0.1, 0.15) is 0 Å². The minimum absolute atomic E-state index is 0.00616. The van der Waals surface area contributed by atoms with Gasteiger partial charge in [-0.05, 0) is 29.2 Å². The number of rotatable bonds is 1. The van der Waals surface area contributed by atoms with Crippen LogP contribution in [0.2, 0.25) is 0 Å². The number of para-hydroxylation sites is 1. The molecule has 0 aliphatic heterocycles. The van der Waals surface area contributed by atoms with Crippen LogP contribution in [-0.2, 0) is 5.41 Å². The van der Waals surface area contributed by atoms with Crippen LogP contribution in [0.5, 0.6) is 0 Å². The average Bonchev–Trinajstić information content (AvgIpc) is 2.76. The Morgan fingerprint density at radius 2 is 1.60 bits per heavy atom. The zero-order valence-electron chi connectivity index (χ0n) is 11.9. The third-order valence-electron chi connectivity index (χ3n) is 3.42. The maximum atomic E-state index is 12.6. The standard InChI is InChI=1S/C17H17NOS/c1-17(2,3)13-9-5-6-10-14(13)18-16(19)12-8-4-7-11-15(12)20-18/h4-11H,1-3H3. The van der Waals surface area contributed by atoms with Gasteiger partial charge in [-0.25, -0.2) is 3.96 Å². The van der Waals surface area contributed by atoms with Gasteiger partial charge in [0.25, 0.3) is 5.56 Å². The van der Waals surface area contributed by atoms with Crippen molar-refractivity contribution in [2.75, 3.05) is 0 Å². The summed E-state index contributed by atoms with van der Waals surface area (Å²) in [6, 6.07) is 15.9. The van der Waals surface area contributed by atoms with E-state index in [2.05, 4.69) is 26.8 Å². The van der Waals surface area contributed by atoms with Gasteiger partial charge in [-0.1, -0.05) is 62.6 Å². The van der Waals surface area contributed by atoms with E-state index in [1.165, 1.54) is 17.1 Å². The Morgan fingerprint density at radius 1 is 0.950 bits per heavy atom. The number of aromatic nitrogens is 1. The monoisotopic (exact) mass is 283 g/mol. The van der Waals surface area contributed by atoms with E-state index in [-0.39, 0.29) is 11.0 Å². The third-order valence-corrected chi connectivity index (χ3v) is 4.52. The lowest BCUT2D eigenvalue weighted by atomic mass is 9.86. The van der Waals surface area contributed by atoms with E-state index in [0.717, 1.165) is 15.8 Å². The first-order chi connectivity index (χ1) is 9.48. The summed E-state index contributed by atoms with van der Waals surface area (Å²) in [6.07, 6.45) is 0. The minimum atomic E-state index is 0.00616. The summed E-state index contributed by atoms with van der Waals surface area (Å²) in [6.45, 7) is 6.51. The van der Waals surface area contributed by atoms with Gasteiger partial charge in [-0.15, -0.1) is 0 Å². The van der Waals surface area contributed by atoms with Gasteiger partial charge in [-0.3, -0.25) is 4.79 Å². The molecule has 0 N–H and O–H groups in total. The Kier molecular flexibility index (Phi) is 3.02. The van der Waals surface area contributed by atoms with Crippen molar-refractivity contribution in [2.45, 2.75) is 26.2 Å². The Balaban J connectivity index is 2.32. The Bertz CT molecular complexity index is 821. The molecule has 0 amide bonds. The van der Waals surface area contributed by atoms with Crippen LogP contribution in [0, 0.1) is 0 Å². The first kappa shape index (κ1) is 13.1. The highest BCUT2D eigenvalue weighted by molar-refractivity contribution is 7.14. The van der Waals surface area contributed by atoms with Crippen LogP contribution in [-0.4, -0.2) is 3.96 Å². The van der Waals surface area contributed by atoms with Crippen LogP contribution in [0.25, 0.3) is 15.8 Å². The predicted molar refractivity (Wildman–Crippen MR) is 86.1 cm³/mol. The minimum Gasteiger partial charge on any atom is -0.267 e. The van der Waals surface area contributed by atoms with E-state index in [0.29, 0.717) is 0 Å². The van der Waals surface area contributed by atoms with Gasteiger partial charge in [0.15, 0.2) is 0 Å². The third kappa shape index (κ3) is 2.08. The molecule has 3 rings (SSSR count). The van der Waals surface area contributed by atoms with Gasteiger partial charge in [-0.2, -0.15) is 0 Å². The van der Waals surface area contributed by atoms with Gasteiger partial charge in [0, 0.05) is 0 Å². The van der Waals surface area contributed by atoms with E-state index < -0.39 is 0 Å². The molecule has 0 saturated heterocycles. The highest BCUT2D eigenvalue weighted by Crippen LogP contribution is 2.30. The van der Waals surface area contributed by atoms with Crippen molar-refractivity contribution in [2.24, 2.45) is 0 Å². The summed E-state index contributed by atoms with van der Waals surface area (Å²) >= 11 is 1.51. The summed E-state index contributed by atoms with van der Waals surface area (Å²) in [4.78, 5) is 12.6. The van der Waals surface area contributed by atoms with Crippen molar-refractivity contribution < 1.29 is 0 Å². The fraction of sp³-hybridized carbons (Fsp3) is 0.235. The largest absolute Gasteiger partial charge is 0.273 e. The second-order valence-corrected chi connectivity index (χ2v) is 6.94. The number of hydrogen-bond donors (Lipinski definition) is 0. The van der Waals surface area contributed by atoms with Crippen molar-refractivity contribution in [1.29, 1.82) is 0 Å². The van der Waals surface area contributed by atoms with Crippen molar-refractivity contribution in [1.82, 2.24) is 3.96 Å². The molecule has 3 heteroatoms. The lowest BCUT2D eigenvalue weighted by molar-refractivity contribution is 0.587. The fourth-order valence-electron chi connectivity index (χ4n) is 2.42. The second kappa shape index (κ2) is 4.60. The van der Waals surface area contributed by atoms with Gasteiger partial charge in [0.2, 0.25) is 0 Å². The smallest absolute Gasteiger partial charge is 0.267 e. The summed E-state index contributed by atoms with van der Waals surface area (Å²) in [7, 11) is 0. The van der Waals surface area contributed by atoms with E-state index in [9.17, 15) is 4.79 Å². The summed E-state index contributed by atoms with van der Waals surface area (Å²) in [5.74, 6) is 0. The Labute approximate surface area is 122 Å². The molecular weight excluding hydrogens is 266 g/mol. The van der Waals surface area contributed by atoms with Gasteiger partial charge in [0.05, 0.1) is 15.8 Å². The summed E-state index contributed by atoms with van der Waals surface area (Å²) in [5, 5.41) is 0.793. The van der Waals surface area contributed by atoms with E-state index in [1.54, 1.807) is 0 Å². The molecule has 0 aliphatic rings. The predicted octanol–water partition coefficient (Wildman–Crippen LogP) is 4.35. The van der Waals surface area contributed by atoms with Crippen LogP contribution in [0.15, 0.2) is 53.3 Å². The number of hydrogen-bond acceptors (Lipinski definition) is 2. The SMILES string of the molecule is CC(C)(C)c1ccccc1-n1sc2ccccc2c1=O. The lowest BCUT2D eigenvalue weighted by Gasteiger charge is -2.22. The van der Waals surface area contributed by atoms with Gasteiger partial charge >= 0.3 is 0 Å². The van der Waals surface area contributed by atoms with Crippen LogP contribution < -0.4 is 5.56 Å². The summed E-state index contributed by atoms with van der Waals surface area (Å²) in [5.41, 5.74) is 2.26. The molecule has 1 aromatic heterocycles. The lowest BCUT2D eigenvalue weighted by Crippen LogP contribution is -2.19. The second-order valence-electron chi connectivity index (χ2n) is 5.95.